The van der Waals surface area contributed by atoms with Crippen LogP contribution in [0.25, 0.3) is 0 Å². The highest BCUT2D eigenvalue weighted by molar-refractivity contribution is 7.80. The van der Waals surface area contributed by atoms with Crippen LogP contribution in [0.2, 0.25) is 0 Å². The quantitative estimate of drug-likeness (QED) is 0.227. The van der Waals surface area contributed by atoms with Crippen molar-refractivity contribution in [3.63, 3.8) is 0 Å². The van der Waals surface area contributed by atoms with E-state index in [1.54, 1.807) is 0 Å². The molecule has 0 aliphatic carbocycles. The highest BCUT2D eigenvalue weighted by atomic mass is 32.1. The lowest BCUT2D eigenvalue weighted by atomic mass is 9.91. The number of carboxylic acids is 1. The van der Waals surface area contributed by atoms with Crippen LogP contribution in [0.4, 0.5) is 0 Å². The maximum Gasteiger partial charge on any atom is 0.326 e. The maximum atomic E-state index is 13.6. The van der Waals surface area contributed by atoms with Gasteiger partial charge in [-0.25, -0.2) is 4.79 Å². The third-order valence-electron chi connectivity index (χ3n) is 5.62. The molecule has 33 heavy (non-hydrogen) atoms. The van der Waals surface area contributed by atoms with Crippen molar-refractivity contribution in [2.75, 3.05) is 12.3 Å². The van der Waals surface area contributed by atoms with Crippen LogP contribution in [-0.2, 0) is 32.1 Å². The van der Waals surface area contributed by atoms with Crippen molar-refractivity contribution in [2.24, 2.45) is 17.4 Å². The fraction of sp³-hybridized carbons (Fsp3) is 0.545. The molecule has 1 aliphatic heterocycles. The molecule has 4 atom stereocenters. The van der Waals surface area contributed by atoms with E-state index in [9.17, 15) is 24.3 Å². The van der Waals surface area contributed by atoms with Gasteiger partial charge in [-0.15, -0.1) is 0 Å². The SMILES string of the molecule is CC(C)[C@H](NCC(N)CS)C(=O)N1Cc2ccccc2C[C@@H]1C(=O)N[C@@H](CC(N)=O)C(=O)O. The normalized spacial score (nSPS) is 18.2. The van der Waals surface area contributed by atoms with Crippen molar-refractivity contribution in [1.29, 1.82) is 0 Å². The van der Waals surface area contributed by atoms with Crippen molar-refractivity contribution in [3.8, 4) is 0 Å². The summed E-state index contributed by atoms with van der Waals surface area (Å²) < 4.78 is 0. The third-order valence-corrected chi connectivity index (χ3v) is 6.09. The second-order valence-corrected chi connectivity index (χ2v) is 8.96. The number of rotatable bonds is 11. The van der Waals surface area contributed by atoms with Gasteiger partial charge in [0.05, 0.1) is 12.5 Å². The van der Waals surface area contributed by atoms with Crippen LogP contribution < -0.4 is 22.1 Å². The van der Waals surface area contributed by atoms with Gasteiger partial charge in [-0.05, 0) is 17.0 Å². The molecule has 1 aliphatic rings. The summed E-state index contributed by atoms with van der Waals surface area (Å²) in [6.45, 7) is 4.35. The number of carbonyl (C=O) groups is 4. The smallest absolute Gasteiger partial charge is 0.326 e. The molecule has 0 radical (unpaired) electrons. The van der Waals surface area contributed by atoms with Crippen LogP contribution >= 0.6 is 12.6 Å². The highest BCUT2D eigenvalue weighted by Crippen LogP contribution is 2.25. The Morgan fingerprint density at radius 1 is 1.21 bits per heavy atom. The first-order valence-corrected chi connectivity index (χ1v) is 11.5. The zero-order valence-corrected chi connectivity index (χ0v) is 19.8. The summed E-state index contributed by atoms with van der Waals surface area (Å²) in [7, 11) is 0. The number of nitrogens with zero attached hydrogens (tertiary/aromatic N) is 1. The zero-order chi connectivity index (χ0) is 24.7. The average Bonchev–Trinajstić information content (AvgIpc) is 2.76. The minimum absolute atomic E-state index is 0.0906. The molecule has 0 spiro atoms. The van der Waals surface area contributed by atoms with Crippen LogP contribution in [0, 0.1) is 5.92 Å². The number of benzene rings is 1. The van der Waals surface area contributed by atoms with E-state index < -0.39 is 42.3 Å². The van der Waals surface area contributed by atoms with E-state index in [1.807, 2.05) is 38.1 Å². The predicted octanol–water partition coefficient (Wildman–Crippen LogP) is -0.744. The molecule has 0 bridgehead atoms. The Kier molecular flexibility index (Phi) is 9.69. The first kappa shape index (κ1) is 26.6. The number of hydrogen-bond acceptors (Lipinski definition) is 7. The Morgan fingerprint density at radius 3 is 2.39 bits per heavy atom. The molecule has 3 amide bonds. The Morgan fingerprint density at radius 2 is 1.85 bits per heavy atom. The van der Waals surface area contributed by atoms with Gasteiger partial charge >= 0.3 is 5.97 Å². The third kappa shape index (κ3) is 7.18. The number of nitrogens with two attached hydrogens (primary N) is 2. The Bertz CT molecular complexity index is 880. The van der Waals surface area contributed by atoms with Crippen LogP contribution in [0.15, 0.2) is 24.3 Å². The molecule has 7 N–H and O–H groups in total. The fourth-order valence-electron chi connectivity index (χ4n) is 3.79. The van der Waals surface area contributed by atoms with Gasteiger partial charge in [-0.3, -0.25) is 14.4 Å². The lowest BCUT2D eigenvalue weighted by molar-refractivity contribution is -0.147. The zero-order valence-electron chi connectivity index (χ0n) is 18.9. The molecule has 182 valence electrons. The minimum Gasteiger partial charge on any atom is -0.480 e. The summed E-state index contributed by atoms with van der Waals surface area (Å²) in [6, 6.07) is 4.21. The Labute approximate surface area is 198 Å². The summed E-state index contributed by atoms with van der Waals surface area (Å²) in [5, 5.41) is 14.9. The Hall–Kier alpha value is -2.63. The lowest BCUT2D eigenvalue weighted by Gasteiger charge is -2.39. The van der Waals surface area contributed by atoms with Crippen LogP contribution in [0.1, 0.15) is 31.4 Å². The van der Waals surface area contributed by atoms with E-state index in [-0.39, 0.29) is 30.8 Å². The number of hydrogen-bond donors (Lipinski definition) is 6. The number of nitrogens with one attached hydrogen (secondary N) is 2. The number of aliphatic carboxylic acids is 1. The summed E-state index contributed by atoms with van der Waals surface area (Å²) in [5.74, 6) is -2.81. The summed E-state index contributed by atoms with van der Waals surface area (Å²) in [4.78, 5) is 51.0. The van der Waals surface area contributed by atoms with Crippen molar-refractivity contribution < 1.29 is 24.3 Å². The lowest BCUT2D eigenvalue weighted by Crippen LogP contribution is -2.60. The molecule has 1 aromatic carbocycles. The van der Waals surface area contributed by atoms with E-state index in [0.29, 0.717) is 12.3 Å². The second kappa shape index (κ2) is 12.0. The number of primary amides is 1. The molecule has 2 rings (SSSR count). The topological polar surface area (TPSA) is 168 Å². The van der Waals surface area contributed by atoms with E-state index in [2.05, 4.69) is 23.3 Å². The molecule has 1 heterocycles. The largest absolute Gasteiger partial charge is 0.480 e. The van der Waals surface area contributed by atoms with Gasteiger partial charge in [0.2, 0.25) is 17.7 Å². The first-order valence-electron chi connectivity index (χ1n) is 10.8. The van der Waals surface area contributed by atoms with Crippen LogP contribution in [0.5, 0.6) is 0 Å². The van der Waals surface area contributed by atoms with Gasteiger partial charge in [0.15, 0.2) is 0 Å². The molecule has 0 saturated heterocycles. The molecule has 0 saturated carbocycles. The van der Waals surface area contributed by atoms with E-state index in [1.165, 1.54) is 4.90 Å². The average molecular weight is 480 g/mol. The monoisotopic (exact) mass is 479 g/mol. The standard InChI is InChI=1S/C22H33N5O5S/c1-12(2)19(25-9-15(23)11-33)21(30)27-10-14-6-4-3-5-13(14)7-17(27)20(29)26-16(22(31)32)8-18(24)28/h3-6,12,15-17,19,25,33H,7-11,23H2,1-2H3,(H2,24,28)(H,26,29)(H,31,32)/t15?,16-,17+,19-/m0/s1. The summed E-state index contributed by atoms with van der Waals surface area (Å²) >= 11 is 4.17. The molecule has 1 unspecified atom stereocenters. The van der Waals surface area contributed by atoms with Crippen LogP contribution in [0.3, 0.4) is 0 Å². The van der Waals surface area contributed by atoms with E-state index in [4.69, 9.17) is 11.5 Å². The molecule has 11 heteroatoms. The molecule has 0 fully saturated rings. The molecular formula is C22H33N5O5S. The van der Waals surface area contributed by atoms with Gasteiger partial charge in [0.25, 0.3) is 0 Å². The number of carboxylic acid groups (broad SMARTS) is 1. The molecule has 0 aromatic heterocycles. The van der Waals surface area contributed by atoms with E-state index >= 15 is 0 Å². The van der Waals surface area contributed by atoms with Crippen molar-refractivity contribution in [3.05, 3.63) is 35.4 Å². The summed E-state index contributed by atoms with van der Waals surface area (Å²) in [5.41, 5.74) is 12.9. The number of thiol groups is 1. The maximum absolute atomic E-state index is 13.6. The van der Waals surface area contributed by atoms with Gasteiger partial charge in [0.1, 0.15) is 12.1 Å². The minimum atomic E-state index is -1.48. The van der Waals surface area contributed by atoms with Crippen LogP contribution in [-0.4, -0.2) is 70.2 Å². The van der Waals surface area contributed by atoms with Gasteiger partial charge in [-0.1, -0.05) is 38.1 Å². The van der Waals surface area contributed by atoms with Crippen molar-refractivity contribution in [1.82, 2.24) is 15.5 Å². The molecule has 10 nitrogen and oxygen atoms in total. The highest BCUT2D eigenvalue weighted by Gasteiger charge is 2.39. The summed E-state index contributed by atoms with van der Waals surface area (Å²) in [6.07, 6.45) is -0.326. The van der Waals surface area contributed by atoms with Crippen molar-refractivity contribution >= 4 is 36.3 Å². The van der Waals surface area contributed by atoms with Gasteiger partial charge in [-0.2, -0.15) is 12.6 Å². The fourth-order valence-corrected chi connectivity index (χ4v) is 3.92. The Balaban J connectivity index is 2.32. The second-order valence-electron chi connectivity index (χ2n) is 8.60. The van der Waals surface area contributed by atoms with Gasteiger partial charge < -0.3 is 32.1 Å². The predicted molar refractivity (Wildman–Crippen MR) is 126 cm³/mol. The van der Waals surface area contributed by atoms with E-state index in [0.717, 1.165) is 11.1 Å². The first-order chi connectivity index (χ1) is 15.5. The van der Waals surface area contributed by atoms with Gasteiger partial charge in [0, 0.05) is 31.3 Å². The number of amides is 3. The molecular weight excluding hydrogens is 446 g/mol. The molecule has 1 aromatic rings. The van der Waals surface area contributed by atoms with Crippen molar-refractivity contribution in [2.45, 2.75) is 57.4 Å². The number of fused-ring (bicyclic) bond motifs is 1. The number of carbonyl (C=O) groups excluding carboxylic acids is 3.